The Labute approximate surface area is 207 Å². The van der Waals surface area contributed by atoms with Crippen LogP contribution >= 0.6 is 0 Å². The maximum absolute atomic E-state index is 12.9. The number of likely N-dealkylation sites (tertiary alicyclic amines) is 1. The molecule has 0 radical (unpaired) electrons. The van der Waals surface area contributed by atoms with Crippen molar-refractivity contribution in [2.75, 3.05) is 13.2 Å². The van der Waals surface area contributed by atoms with Crippen molar-refractivity contribution >= 4 is 30.0 Å². The van der Waals surface area contributed by atoms with Crippen LogP contribution in [0.3, 0.4) is 0 Å². The highest BCUT2D eigenvalue weighted by atomic mass is 16.7. The van der Waals surface area contributed by atoms with E-state index in [2.05, 4.69) is 16.0 Å². The van der Waals surface area contributed by atoms with Gasteiger partial charge in [0.15, 0.2) is 6.29 Å². The summed E-state index contributed by atoms with van der Waals surface area (Å²) in [7, 11) is 0. The molecule has 0 aromatic heterocycles. The number of nitrogens with two attached hydrogens (primary N) is 1. The van der Waals surface area contributed by atoms with E-state index in [4.69, 9.17) is 15.2 Å². The first kappa shape index (κ1) is 29.4. The van der Waals surface area contributed by atoms with Crippen LogP contribution in [0.25, 0.3) is 0 Å². The topological polar surface area (TPSA) is 230 Å². The second kappa shape index (κ2) is 12.9. The van der Waals surface area contributed by atoms with Crippen molar-refractivity contribution in [1.29, 1.82) is 0 Å². The van der Waals surface area contributed by atoms with E-state index in [0.29, 0.717) is 19.4 Å². The van der Waals surface area contributed by atoms with Gasteiger partial charge >= 0.3 is 0 Å². The van der Waals surface area contributed by atoms with E-state index in [1.165, 1.54) is 25.7 Å². The van der Waals surface area contributed by atoms with Crippen molar-refractivity contribution in [3.8, 4) is 0 Å². The molecule has 0 unspecified atom stereocenters. The molecule has 2 rings (SSSR count). The Kier molecular flexibility index (Phi) is 10.5. The molecule has 204 valence electrons. The maximum Gasteiger partial charge on any atom is 0.245 e. The number of aliphatic hydroxyl groups is 3. The predicted molar refractivity (Wildman–Crippen MR) is 120 cm³/mol. The molecule has 2 fully saturated rings. The Morgan fingerprint density at radius 2 is 1.89 bits per heavy atom. The van der Waals surface area contributed by atoms with Gasteiger partial charge in [0, 0.05) is 13.5 Å². The number of hydrogen-bond acceptors (Lipinski definition) is 10. The third-order valence-corrected chi connectivity index (χ3v) is 6.19. The zero-order valence-corrected chi connectivity index (χ0v) is 20.3. The lowest BCUT2D eigenvalue weighted by atomic mass is 9.96. The van der Waals surface area contributed by atoms with Crippen LogP contribution in [0.1, 0.15) is 33.6 Å². The van der Waals surface area contributed by atoms with Gasteiger partial charge in [-0.25, -0.2) is 0 Å². The molecular formula is C21H35N5O10. The second-order valence-electron chi connectivity index (χ2n) is 8.86. The molecule has 0 aromatic carbocycles. The molecule has 36 heavy (non-hydrogen) atoms. The summed E-state index contributed by atoms with van der Waals surface area (Å²) in [6, 6.07) is -4.43. The van der Waals surface area contributed by atoms with E-state index >= 15 is 0 Å². The second-order valence-corrected chi connectivity index (χ2v) is 8.86. The SMILES string of the molecule is CC(=O)N[C@H]1[C@@H](O[C@H](C)[C@H](NC=O)C(=O)N[C@@H](C)C(=O)N2CCC[C@H]2C(N)=O)O[C@H](CO)[C@H](O)[C@@H]1O. The minimum atomic E-state index is -1.57. The normalized spacial score (nSPS) is 30.6. The van der Waals surface area contributed by atoms with Crippen LogP contribution < -0.4 is 21.7 Å². The number of hydrogen-bond donors (Lipinski definition) is 7. The standard InChI is InChI=1S/C21H35N5O10/c1-9(20(34)26-6-4-5-12(26)18(22)32)24-19(33)14(23-8-28)10(2)35-21-15(25-11(3)29)17(31)16(30)13(7-27)36-21/h8-10,12-17,21,27,30-31H,4-7H2,1-3H3,(H2,22,32)(H,23,28)(H,24,33)(H,25,29)/t9-,10+,12-,13+,14-,15+,16-,17+,21-/m0/s1. The number of nitrogens with one attached hydrogen (secondary N) is 3. The van der Waals surface area contributed by atoms with Crippen LogP contribution in [0, 0.1) is 0 Å². The summed E-state index contributed by atoms with van der Waals surface area (Å²) in [6.45, 7) is 3.63. The first-order chi connectivity index (χ1) is 16.9. The van der Waals surface area contributed by atoms with Crippen LogP contribution in [0.2, 0.25) is 0 Å². The molecule has 2 aliphatic heterocycles. The third kappa shape index (κ3) is 6.88. The first-order valence-electron chi connectivity index (χ1n) is 11.6. The third-order valence-electron chi connectivity index (χ3n) is 6.19. The molecule has 0 spiro atoms. The Hall–Kier alpha value is -2.85. The minimum absolute atomic E-state index is 0.252. The number of rotatable bonds is 11. The number of ether oxygens (including phenoxy) is 2. The summed E-state index contributed by atoms with van der Waals surface area (Å²) in [5.41, 5.74) is 5.35. The molecule has 2 aliphatic rings. The molecule has 9 atom stereocenters. The zero-order valence-electron chi connectivity index (χ0n) is 20.3. The van der Waals surface area contributed by atoms with Gasteiger partial charge in [0.1, 0.15) is 42.5 Å². The summed E-state index contributed by atoms with van der Waals surface area (Å²) < 4.78 is 11.2. The van der Waals surface area contributed by atoms with Gasteiger partial charge in [-0.15, -0.1) is 0 Å². The van der Waals surface area contributed by atoms with Gasteiger partial charge in [-0.3, -0.25) is 24.0 Å². The zero-order chi connectivity index (χ0) is 27.2. The van der Waals surface area contributed by atoms with Gasteiger partial charge in [-0.05, 0) is 26.7 Å². The van der Waals surface area contributed by atoms with Gasteiger partial charge in [0.25, 0.3) is 0 Å². The highest BCUT2D eigenvalue weighted by Gasteiger charge is 2.47. The molecule has 15 heteroatoms. The van der Waals surface area contributed by atoms with E-state index in [9.17, 15) is 39.3 Å². The summed E-state index contributed by atoms with van der Waals surface area (Å²) in [5, 5.41) is 37.1. The lowest BCUT2D eigenvalue weighted by Gasteiger charge is -2.43. The monoisotopic (exact) mass is 517 g/mol. The molecule has 15 nitrogen and oxygen atoms in total. The van der Waals surface area contributed by atoms with Gasteiger partial charge in [0.05, 0.1) is 12.7 Å². The molecule has 8 N–H and O–H groups in total. The van der Waals surface area contributed by atoms with E-state index in [1.807, 2.05) is 0 Å². The fourth-order valence-corrected chi connectivity index (χ4v) is 4.31. The number of carbonyl (C=O) groups excluding carboxylic acids is 5. The molecule has 0 aliphatic carbocycles. The van der Waals surface area contributed by atoms with E-state index in [-0.39, 0.29) is 6.41 Å². The molecular weight excluding hydrogens is 482 g/mol. The van der Waals surface area contributed by atoms with Crippen LogP contribution in [-0.4, -0.2) is 118 Å². The van der Waals surface area contributed by atoms with Gasteiger partial charge < -0.3 is 51.4 Å². The van der Waals surface area contributed by atoms with E-state index < -0.39 is 85.1 Å². The fraction of sp³-hybridized carbons (Fsp3) is 0.762. The van der Waals surface area contributed by atoms with Crippen molar-refractivity contribution in [1.82, 2.24) is 20.9 Å². The number of carbonyl (C=O) groups is 5. The quantitative estimate of drug-likeness (QED) is 0.130. The molecule has 2 heterocycles. The van der Waals surface area contributed by atoms with Crippen LogP contribution in [0.4, 0.5) is 0 Å². The number of aliphatic hydroxyl groups excluding tert-OH is 3. The molecule has 5 amide bonds. The Bertz CT molecular complexity index is 829. The highest BCUT2D eigenvalue weighted by Crippen LogP contribution is 2.24. The van der Waals surface area contributed by atoms with E-state index in [0.717, 1.165) is 0 Å². The molecule has 2 saturated heterocycles. The van der Waals surface area contributed by atoms with Gasteiger partial charge in [0.2, 0.25) is 30.0 Å². The summed E-state index contributed by atoms with van der Waals surface area (Å²) in [6.07, 6.45) is -5.63. The van der Waals surface area contributed by atoms with Crippen molar-refractivity contribution in [3.05, 3.63) is 0 Å². The average molecular weight is 518 g/mol. The lowest BCUT2D eigenvalue weighted by Crippen LogP contribution is -2.66. The predicted octanol–water partition coefficient (Wildman–Crippen LogP) is -4.57. The summed E-state index contributed by atoms with van der Waals surface area (Å²) >= 11 is 0. The average Bonchev–Trinajstić information content (AvgIpc) is 3.31. The lowest BCUT2D eigenvalue weighted by molar-refractivity contribution is -0.281. The molecule has 0 bridgehead atoms. The first-order valence-corrected chi connectivity index (χ1v) is 11.6. The summed E-state index contributed by atoms with van der Waals surface area (Å²) in [5.74, 6) is -2.53. The van der Waals surface area contributed by atoms with Gasteiger partial charge in [-0.1, -0.05) is 0 Å². The van der Waals surface area contributed by atoms with Crippen LogP contribution in [0.15, 0.2) is 0 Å². The summed E-state index contributed by atoms with van der Waals surface area (Å²) in [4.78, 5) is 61.4. The number of amides is 5. The van der Waals surface area contributed by atoms with Crippen molar-refractivity contribution < 1.29 is 48.8 Å². The largest absolute Gasteiger partial charge is 0.394 e. The smallest absolute Gasteiger partial charge is 0.245 e. The van der Waals surface area contributed by atoms with Crippen molar-refractivity contribution in [2.24, 2.45) is 5.73 Å². The van der Waals surface area contributed by atoms with Gasteiger partial charge in [-0.2, -0.15) is 0 Å². The molecule has 0 saturated carbocycles. The van der Waals surface area contributed by atoms with Crippen molar-refractivity contribution in [3.63, 3.8) is 0 Å². The highest BCUT2D eigenvalue weighted by molar-refractivity contribution is 5.93. The van der Waals surface area contributed by atoms with Crippen molar-refractivity contribution in [2.45, 2.75) is 88.5 Å². The Balaban J connectivity index is 2.12. The molecule has 0 aromatic rings. The fourth-order valence-electron chi connectivity index (χ4n) is 4.31. The Morgan fingerprint density at radius 3 is 2.44 bits per heavy atom. The Morgan fingerprint density at radius 1 is 1.22 bits per heavy atom. The van der Waals surface area contributed by atoms with Crippen LogP contribution in [0.5, 0.6) is 0 Å². The minimum Gasteiger partial charge on any atom is -0.394 e. The van der Waals surface area contributed by atoms with Crippen LogP contribution in [-0.2, 0) is 33.4 Å². The maximum atomic E-state index is 12.9. The van der Waals surface area contributed by atoms with E-state index in [1.54, 1.807) is 0 Å². The number of nitrogens with zero attached hydrogens (tertiary/aromatic N) is 1. The number of primary amides is 1.